The molecule has 0 unspecified atom stereocenters. The van der Waals surface area contributed by atoms with Crippen LogP contribution in [0, 0.1) is 0 Å². The molecule has 2 aliphatic heterocycles. The van der Waals surface area contributed by atoms with E-state index < -0.39 is 23.6 Å². The Morgan fingerprint density at radius 2 is 1.71 bits per heavy atom. The van der Waals surface area contributed by atoms with E-state index in [1.54, 1.807) is 22.4 Å². The molecule has 8 heteroatoms. The number of anilines is 2. The van der Waals surface area contributed by atoms with Gasteiger partial charge in [0.25, 0.3) is 11.8 Å². The van der Waals surface area contributed by atoms with Gasteiger partial charge in [-0.1, -0.05) is 30.3 Å². The average molecular weight is 440 g/mol. The zero-order valence-electron chi connectivity index (χ0n) is 16.0. The number of amides is 2. The Morgan fingerprint density at radius 1 is 0.903 bits per heavy atom. The van der Waals surface area contributed by atoms with Gasteiger partial charge in [-0.15, -0.1) is 11.3 Å². The Balaban J connectivity index is 1.65. The topological polar surface area (TPSA) is 40.6 Å². The number of alkyl halides is 3. The predicted octanol–water partition coefficient (Wildman–Crippen LogP) is 5.11. The van der Waals surface area contributed by atoms with Crippen LogP contribution in [0.1, 0.15) is 16.0 Å². The van der Waals surface area contributed by atoms with E-state index in [0.717, 1.165) is 28.3 Å². The summed E-state index contributed by atoms with van der Waals surface area (Å²) in [6, 6.07) is 15.4. The van der Waals surface area contributed by atoms with E-state index in [1.165, 1.54) is 23.5 Å². The lowest BCUT2D eigenvalue weighted by molar-refractivity contribution is -0.137. The Kier molecular flexibility index (Phi) is 4.48. The van der Waals surface area contributed by atoms with Gasteiger partial charge in [0.1, 0.15) is 5.70 Å². The minimum atomic E-state index is -4.58. The van der Waals surface area contributed by atoms with E-state index in [-0.39, 0.29) is 17.0 Å². The van der Waals surface area contributed by atoms with Crippen molar-refractivity contribution in [2.24, 2.45) is 0 Å². The molecular formula is C23H15F3N2O2S. The third-order valence-corrected chi connectivity index (χ3v) is 6.30. The van der Waals surface area contributed by atoms with Gasteiger partial charge in [0.05, 0.1) is 16.8 Å². The Labute approximate surface area is 179 Å². The van der Waals surface area contributed by atoms with Crippen LogP contribution in [0.15, 0.2) is 71.7 Å². The number of fused-ring (bicyclic) bond motifs is 1. The first-order valence-corrected chi connectivity index (χ1v) is 10.4. The molecule has 0 spiro atoms. The number of hydrogen-bond acceptors (Lipinski definition) is 4. The molecule has 0 saturated heterocycles. The van der Waals surface area contributed by atoms with Crippen LogP contribution in [0.25, 0.3) is 5.57 Å². The average Bonchev–Trinajstić information content (AvgIpc) is 3.46. The van der Waals surface area contributed by atoms with Crippen LogP contribution < -0.4 is 9.80 Å². The van der Waals surface area contributed by atoms with Gasteiger partial charge in [-0.05, 0) is 47.7 Å². The molecular weight excluding hydrogens is 425 g/mol. The van der Waals surface area contributed by atoms with Gasteiger partial charge in [0, 0.05) is 17.1 Å². The maximum atomic E-state index is 13.5. The standard InChI is InChI=1S/C23H15F3N2O2S/c24-23(25,26)15-6-3-7-16(13-15)28-21(29)19(18-9-4-12-31-18)20(22(28)30)27-11-10-14-5-1-2-8-17(14)27/h1-9,12-13H,10-11H2. The summed E-state index contributed by atoms with van der Waals surface area (Å²) in [6.45, 7) is 0.513. The molecule has 3 aromatic rings. The van der Waals surface area contributed by atoms with Crippen molar-refractivity contribution in [3.63, 3.8) is 0 Å². The third kappa shape index (κ3) is 3.14. The van der Waals surface area contributed by atoms with Crippen LogP contribution in [-0.4, -0.2) is 18.4 Å². The quantitative estimate of drug-likeness (QED) is 0.531. The SMILES string of the molecule is O=C1C(c2cccs2)=C(N2CCc3ccccc32)C(=O)N1c1cccc(C(F)(F)F)c1. The van der Waals surface area contributed by atoms with Gasteiger partial charge in [0.2, 0.25) is 0 Å². The van der Waals surface area contributed by atoms with Crippen molar-refractivity contribution >= 4 is 40.1 Å². The van der Waals surface area contributed by atoms with Crippen LogP contribution in [0.3, 0.4) is 0 Å². The first-order valence-electron chi connectivity index (χ1n) is 9.56. The highest BCUT2D eigenvalue weighted by Crippen LogP contribution is 2.41. The highest BCUT2D eigenvalue weighted by molar-refractivity contribution is 7.11. The molecule has 3 heterocycles. The number of carbonyl (C=O) groups is 2. The Morgan fingerprint density at radius 3 is 2.45 bits per heavy atom. The normalized spacial score (nSPS) is 16.5. The van der Waals surface area contributed by atoms with E-state index in [4.69, 9.17) is 0 Å². The van der Waals surface area contributed by atoms with Crippen molar-refractivity contribution < 1.29 is 22.8 Å². The molecule has 156 valence electrons. The second-order valence-corrected chi connectivity index (χ2v) is 8.17. The van der Waals surface area contributed by atoms with Crippen LogP contribution in [0.5, 0.6) is 0 Å². The van der Waals surface area contributed by atoms with Gasteiger partial charge in [-0.25, -0.2) is 4.90 Å². The molecule has 2 aliphatic rings. The lowest BCUT2D eigenvalue weighted by Crippen LogP contribution is -2.35. The molecule has 0 radical (unpaired) electrons. The molecule has 0 saturated carbocycles. The fraction of sp³-hybridized carbons (Fsp3) is 0.130. The van der Waals surface area contributed by atoms with Gasteiger partial charge < -0.3 is 4.90 Å². The summed E-state index contributed by atoms with van der Waals surface area (Å²) in [4.78, 5) is 30.2. The number of carbonyl (C=O) groups excluding carboxylic acids is 2. The summed E-state index contributed by atoms with van der Waals surface area (Å²) in [5.74, 6) is -1.24. The molecule has 0 atom stereocenters. The van der Waals surface area contributed by atoms with Crippen LogP contribution in [-0.2, 0) is 22.2 Å². The molecule has 5 rings (SSSR count). The number of para-hydroxylation sites is 1. The number of halogens is 3. The van der Waals surface area contributed by atoms with E-state index in [0.29, 0.717) is 17.8 Å². The lowest BCUT2D eigenvalue weighted by atomic mass is 10.1. The zero-order valence-corrected chi connectivity index (χ0v) is 16.8. The molecule has 0 bridgehead atoms. The summed E-state index contributed by atoms with van der Waals surface area (Å²) in [6.07, 6.45) is -3.87. The van der Waals surface area contributed by atoms with Crippen molar-refractivity contribution in [3.05, 3.63) is 87.7 Å². The van der Waals surface area contributed by atoms with Crippen LogP contribution in [0.2, 0.25) is 0 Å². The van der Waals surface area contributed by atoms with E-state index >= 15 is 0 Å². The van der Waals surface area contributed by atoms with E-state index in [2.05, 4.69) is 0 Å². The van der Waals surface area contributed by atoms with Crippen molar-refractivity contribution in [2.45, 2.75) is 12.6 Å². The summed E-state index contributed by atoms with van der Waals surface area (Å²) in [5, 5.41) is 1.79. The molecule has 0 N–H and O–H groups in total. The van der Waals surface area contributed by atoms with E-state index in [1.807, 2.05) is 24.3 Å². The number of rotatable bonds is 3. The highest BCUT2D eigenvalue weighted by Gasteiger charge is 2.45. The number of nitrogens with zero attached hydrogens (tertiary/aromatic N) is 2. The largest absolute Gasteiger partial charge is 0.416 e. The van der Waals surface area contributed by atoms with Crippen molar-refractivity contribution in [3.8, 4) is 0 Å². The number of hydrogen-bond donors (Lipinski definition) is 0. The zero-order chi connectivity index (χ0) is 21.8. The fourth-order valence-corrected chi connectivity index (χ4v) is 4.80. The predicted molar refractivity (Wildman–Crippen MR) is 113 cm³/mol. The maximum Gasteiger partial charge on any atom is 0.416 e. The van der Waals surface area contributed by atoms with Gasteiger partial charge >= 0.3 is 6.18 Å². The first kappa shape index (κ1) is 19.6. The number of imide groups is 1. The maximum absolute atomic E-state index is 13.5. The smallest absolute Gasteiger partial charge is 0.336 e. The van der Waals surface area contributed by atoms with E-state index in [9.17, 15) is 22.8 Å². The summed E-state index contributed by atoms with van der Waals surface area (Å²) in [5.41, 5.74) is 1.30. The van der Waals surface area contributed by atoms with Crippen LogP contribution in [0.4, 0.5) is 24.5 Å². The molecule has 1 aromatic heterocycles. The first-order chi connectivity index (χ1) is 14.9. The molecule has 4 nitrogen and oxygen atoms in total. The Hall–Kier alpha value is -3.39. The van der Waals surface area contributed by atoms with Crippen LogP contribution >= 0.6 is 11.3 Å². The second-order valence-electron chi connectivity index (χ2n) is 7.23. The minimum absolute atomic E-state index is 0.0960. The summed E-state index contributed by atoms with van der Waals surface area (Å²) in [7, 11) is 0. The molecule has 0 aliphatic carbocycles. The van der Waals surface area contributed by atoms with Gasteiger partial charge in [-0.2, -0.15) is 13.2 Å². The molecule has 0 fully saturated rings. The number of benzene rings is 2. The molecule has 2 amide bonds. The van der Waals surface area contributed by atoms with Gasteiger partial charge in [-0.3, -0.25) is 9.59 Å². The van der Waals surface area contributed by atoms with Crippen molar-refractivity contribution in [1.29, 1.82) is 0 Å². The Bertz CT molecular complexity index is 1230. The summed E-state index contributed by atoms with van der Waals surface area (Å²) >= 11 is 1.31. The van der Waals surface area contributed by atoms with Crippen molar-refractivity contribution in [1.82, 2.24) is 0 Å². The van der Waals surface area contributed by atoms with Gasteiger partial charge in [0.15, 0.2) is 0 Å². The second kappa shape index (κ2) is 7.09. The lowest BCUT2D eigenvalue weighted by Gasteiger charge is -2.22. The monoisotopic (exact) mass is 440 g/mol. The fourth-order valence-electron chi connectivity index (χ4n) is 4.04. The minimum Gasteiger partial charge on any atom is -0.336 e. The molecule has 31 heavy (non-hydrogen) atoms. The van der Waals surface area contributed by atoms with Crippen molar-refractivity contribution in [2.75, 3.05) is 16.3 Å². The third-order valence-electron chi connectivity index (χ3n) is 5.42. The highest BCUT2D eigenvalue weighted by atomic mass is 32.1. The number of thiophene rings is 1. The summed E-state index contributed by atoms with van der Waals surface area (Å²) < 4.78 is 39.7. The molecule has 2 aromatic carbocycles.